The second kappa shape index (κ2) is 12.5. The van der Waals surface area contributed by atoms with Crippen LogP contribution in [0.1, 0.15) is 6.42 Å². The number of aliphatic carboxylic acids is 2. The van der Waals surface area contributed by atoms with Crippen LogP contribution in [0.4, 0.5) is 32.0 Å². The fourth-order valence-electron chi connectivity index (χ4n) is 3.42. The summed E-state index contributed by atoms with van der Waals surface area (Å²) in [5, 5.41) is 17.2. The number of anilines is 1. The van der Waals surface area contributed by atoms with E-state index in [9.17, 15) is 31.1 Å². The number of halogens is 6. The summed E-state index contributed by atoms with van der Waals surface area (Å²) in [6.45, 7) is 3.72. The summed E-state index contributed by atoms with van der Waals surface area (Å²) in [4.78, 5) is 36.3. The van der Waals surface area contributed by atoms with E-state index in [0.29, 0.717) is 30.8 Å². The number of pyridine rings is 1. The number of fused-ring (bicyclic) bond motifs is 1. The highest BCUT2D eigenvalue weighted by Gasteiger charge is 2.40. The number of carboxylic acids is 2. The molecule has 3 rings (SSSR count). The number of likely N-dealkylation sites (tertiary alicyclic amines) is 1. The van der Waals surface area contributed by atoms with Gasteiger partial charge in [-0.1, -0.05) is 0 Å². The zero-order chi connectivity index (χ0) is 26.1. The Morgan fingerprint density at radius 1 is 1.09 bits per heavy atom. The Morgan fingerprint density at radius 2 is 1.65 bits per heavy atom. The van der Waals surface area contributed by atoms with Gasteiger partial charge in [-0.15, -0.1) is 0 Å². The maximum Gasteiger partial charge on any atom is 0.490 e. The number of aromatic nitrogens is 1. The number of rotatable bonds is 3. The molecule has 0 bridgehead atoms. The van der Waals surface area contributed by atoms with Crippen molar-refractivity contribution in [2.24, 2.45) is 17.8 Å². The van der Waals surface area contributed by atoms with Gasteiger partial charge in [-0.25, -0.2) is 9.59 Å². The minimum atomic E-state index is -5.08. The molecule has 0 radical (unpaired) electrons. The molecule has 3 atom stereocenters. The van der Waals surface area contributed by atoms with Crippen molar-refractivity contribution in [1.29, 1.82) is 0 Å². The van der Waals surface area contributed by atoms with Crippen LogP contribution in [0.15, 0.2) is 24.5 Å². The first-order valence-electron chi connectivity index (χ1n) is 9.67. The SMILES string of the molecule is CN1C[C@@H]2COC[C@@H](CC(=O)Nc3cccnc3)[C@@H]2C1.O=C(O)C(F)(F)F.O=C(O)C(F)(F)F. The first-order valence-corrected chi connectivity index (χ1v) is 9.67. The summed E-state index contributed by atoms with van der Waals surface area (Å²) < 4.78 is 69.1. The van der Waals surface area contributed by atoms with Crippen LogP contribution in [-0.4, -0.2) is 83.6 Å². The smallest absolute Gasteiger partial charge is 0.475 e. The molecule has 0 saturated carbocycles. The Bertz CT molecular complexity index is 797. The molecule has 15 heteroatoms. The lowest BCUT2D eigenvalue weighted by Gasteiger charge is -2.32. The molecule has 1 aromatic heterocycles. The molecule has 9 nitrogen and oxygen atoms in total. The van der Waals surface area contributed by atoms with Crippen LogP contribution in [0.25, 0.3) is 0 Å². The molecular formula is C19H23F6N3O6. The van der Waals surface area contributed by atoms with E-state index in [1.807, 2.05) is 12.1 Å². The van der Waals surface area contributed by atoms with Crippen molar-refractivity contribution in [3.8, 4) is 0 Å². The molecule has 2 saturated heterocycles. The topological polar surface area (TPSA) is 129 Å². The molecule has 1 amide bonds. The van der Waals surface area contributed by atoms with Crippen LogP contribution < -0.4 is 5.32 Å². The zero-order valence-electron chi connectivity index (χ0n) is 17.8. The van der Waals surface area contributed by atoms with E-state index in [2.05, 4.69) is 22.2 Å². The number of amides is 1. The number of ether oxygens (including phenoxy) is 1. The van der Waals surface area contributed by atoms with E-state index in [1.165, 1.54) is 0 Å². The van der Waals surface area contributed by atoms with Crippen LogP contribution in [0, 0.1) is 17.8 Å². The van der Waals surface area contributed by atoms with Crippen molar-refractivity contribution < 1.29 is 55.7 Å². The Labute approximate surface area is 189 Å². The summed E-state index contributed by atoms with van der Waals surface area (Å²) >= 11 is 0. The fraction of sp³-hybridized carbons (Fsp3) is 0.579. The third-order valence-electron chi connectivity index (χ3n) is 4.82. The van der Waals surface area contributed by atoms with Gasteiger partial charge < -0.3 is 25.2 Å². The number of carbonyl (C=O) groups excluding carboxylic acids is 1. The Kier molecular flexibility index (Phi) is 10.7. The fourth-order valence-corrected chi connectivity index (χ4v) is 3.42. The molecule has 2 aliphatic heterocycles. The average molecular weight is 503 g/mol. The van der Waals surface area contributed by atoms with Crippen molar-refractivity contribution in [2.45, 2.75) is 18.8 Å². The number of nitrogens with zero attached hydrogens (tertiary/aromatic N) is 2. The summed E-state index contributed by atoms with van der Waals surface area (Å²) in [5.41, 5.74) is 0.759. The minimum absolute atomic E-state index is 0.0572. The monoisotopic (exact) mass is 503 g/mol. The standard InChI is InChI=1S/C15H21N3O2.2C2HF3O2/c1-18-7-12-10-20-9-11(14(12)8-18)5-15(19)17-13-3-2-4-16-6-13;2*3-2(4,5)1(6)7/h2-4,6,11-12,14H,5,7-10H2,1H3,(H,17,19);2*(H,6,7)/t11-,12-,14+;;/m1../s1. The zero-order valence-corrected chi connectivity index (χ0v) is 17.8. The molecule has 3 N–H and O–H groups in total. The largest absolute Gasteiger partial charge is 0.490 e. The van der Waals surface area contributed by atoms with Crippen LogP contribution >= 0.6 is 0 Å². The van der Waals surface area contributed by atoms with Gasteiger partial charge in [-0.3, -0.25) is 9.78 Å². The quantitative estimate of drug-likeness (QED) is 0.537. The van der Waals surface area contributed by atoms with Gasteiger partial charge in [0, 0.05) is 25.7 Å². The van der Waals surface area contributed by atoms with Gasteiger partial charge in [-0.05, 0) is 36.9 Å². The Morgan fingerprint density at radius 3 is 2.12 bits per heavy atom. The van der Waals surface area contributed by atoms with Gasteiger partial charge >= 0.3 is 24.3 Å². The number of hydrogen-bond acceptors (Lipinski definition) is 6. The van der Waals surface area contributed by atoms with E-state index in [-0.39, 0.29) is 5.91 Å². The van der Waals surface area contributed by atoms with E-state index >= 15 is 0 Å². The van der Waals surface area contributed by atoms with Crippen LogP contribution in [-0.2, 0) is 19.1 Å². The van der Waals surface area contributed by atoms with E-state index in [0.717, 1.165) is 25.4 Å². The van der Waals surface area contributed by atoms with Crippen molar-refractivity contribution in [1.82, 2.24) is 9.88 Å². The molecule has 0 unspecified atom stereocenters. The summed E-state index contributed by atoms with van der Waals surface area (Å²) in [6.07, 6.45) is -6.27. The molecule has 0 spiro atoms. The predicted molar refractivity (Wildman–Crippen MR) is 104 cm³/mol. The molecule has 0 aromatic carbocycles. The lowest BCUT2D eigenvalue weighted by Crippen LogP contribution is -2.37. The average Bonchev–Trinajstić information content (AvgIpc) is 3.09. The van der Waals surface area contributed by atoms with Gasteiger partial charge in [-0.2, -0.15) is 26.3 Å². The highest BCUT2D eigenvalue weighted by molar-refractivity contribution is 5.90. The molecule has 34 heavy (non-hydrogen) atoms. The summed E-state index contributed by atoms with van der Waals surface area (Å²) in [7, 11) is 2.14. The van der Waals surface area contributed by atoms with Gasteiger partial charge in [0.1, 0.15) is 0 Å². The van der Waals surface area contributed by atoms with Gasteiger partial charge in [0.05, 0.1) is 25.1 Å². The number of alkyl halides is 6. The first kappa shape index (κ1) is 29.1. The van der Waals surface area contributed by atoms with Crippen LogP contribution in [0.3, 0.4) is 0 Å². The Hall–Kier alpha value is -2.94. The number of nitrogens with one attached hydrogen (secondary N) is 1. The maximum absolute atomic E-state index is 12.1. The number of carbonyl (C=O) groups is 3. The predicted octanol–water partition coefficient (Wildman–Crippen LogP) is 2.50. The van der Waals surface area contributed by atoms with Gasteiger partial charge in [0.25, 0.3) is 0 Å². The third kappa shape index (κ3) is 10.3. The molecule has 192 valence electrons. The van der Waals surface area contributed by atoms with E-state index < -0.39 is 24.3 Å². The molecule has 1 aromatic rings. The van der Waals surface area contributed by atoms with E-state index in [1.54, 1.807) is 12.4 Å². The molecular weight excluding hydrogens is 480 g/mol. The molecule has 3 heterocycles. The van der Waals surface area contributed by atoms with Gasteiger partial charge in [0.15, 0.2) is 0 Å². The summed E-state index contributed by atoms with van der Waals surface area (Å²) in [5.74, 6) is -3.95. The molecule has 2 fully saturated rings. The second-order valence-electron chi connectivity index (χ2n) is 7.54. The number of carboxylic acid groups (broad SMARTS) is 2. The molecule has 2 aliphatic rings. The first-order chi connectivity index (χ1) is 15.6. The normalized spacial score (nSPS) is 22.3. The van der Waals surface area contributed by atoms with Crippen LogP contribution in [0.5, 0.6) is 0 Å². The maximum atomic E-state index is 12.1. The van der Waals surface area contributed by atoms with Gasteiger partial charge in [0.2, 0.25) is 5.91 Å². The molecule has 0 aliphatic carbocycles. The van der Waals surface area contributed by atoms with Crippen molar-refractivity contribution in [2.75, 3.05) is 38.7 Å². The highest BCUT2D eigenvalue weighted by Crippen LogP contribution is 2.35. The lowest BCUT2D eigenvalue weighted by atomic mass is 9.81. The lowest BCUT2D eigenvalue weighted by molar-refractivity contribution is -0.193. The van der Waals surface area contributed by atoms with Crippen molar-refractivity contribution >= 4 is 23.5 Å². The van der Waals surface area contributed by atoms with Crippen molar-refractivity contribution in [3.63, 3.8) is 0 Å². The summed E-state index contributed by atoms with van der Waals surface area (Å²) in [6, 6.07) is 3.68. The highest BCUT2D eigenvalue weighted by atomic mass is 19.4. The number of hydrogen-bond donors (Lipinski definition) is 3. The third-order valence-corrected chi connectivity index (χ3v) is 4.82. The Balaban J connectivity index is 0.000000343. The van der Waals surface area contributed by atoms with E-state index in [4.69, 9.17) is 24.5 Å². The van der Waals surface area contributed by atoms with Crippen molar-refractivity contribution in [3.05, 3.63) is 24.5 Å². The second-order valence-corrected chi connectivity index (χ2v) is 7.54. The van der Waals surface area contributed by atoms with Crippen LogP contribution in [0.2, 0.25) is 0 Å². The minimum Gasteiger partial charge on any atom is -0.475 e.